The molecule has 1 unspecified atom stereocenters. The van der Waals surface area contributed by atoms with Crippen LogP contribution in [0.25, 0.3) is 11.0 Å². The molecular weight excluding hydrogens is 364 g/mol. The summed E-state index contributed by atoms with van der Waals surface area (Å²) in [6, 6.07) is 15.2. The van der Waals surface area contributed by atoms with E-state index in [2.05, 4.69) is 10.6 Å². The summed E-state index contributed by atoms with van der Waals surface area (Å²) in [5.74, 6) is 2.33. The molecule has 0 spiro atoms. The molecule has 1 heterocycles. The Labute approximate surface area is 171 Å². The van der Waals surface area contributed by atoms with Crippen LogP contribution < -0.4 is 4.74 Å². The molecule has 1 fully saturated rings. The Morgan fingerprint density at radius 3 is 2.62 bits per heavy atom. The van der Waals surface area contributed by atoms with Gasteiger partial charge >= 0.3 is 0 Å². The molecule has 0 aliphatic heterocycles. The Bertz CT molecular complexity index is 971. The molecule has 1 aliphatic rings. The number of aliphatic hydroxyl groups is 1. The quantitative estimate of drug-likeness (QED) is 0.563. The van der Waals surface area contributed by atoms with E-state index in [1.54, 1.807) is 24.3 Å². The smallest absolute Gasteiger partial charge is 0.162 e. The van der Waals surface area contributed by atoms with Crippen LogP contribution in [0.1, 0.15) is 61.1 Å². The molecule has 3 aromatic rings. The van der Waals surface area contributed by atoms with Crippen molar-refractivity contribution >= 4 is 16.8 Å². The Hall–Kier alpha value is -2.66. The van der Waals surface area contributed by atoms with Gasteiger partial charge in [0.1, 0.15) is 24.3 Å². The molecule has 1 atom stereocenters. The van der Waals surface area contributed by atoms with Crippen molar-refractivity contribution in [2.24, 2.45) is 0 Å². The molecule has 1 saturated carbocycles. The number of aromatic nitrogens is 2. The number of hydrogen-bond donors (Lipinski definition) is 1. The van der Waals surface area contributed by atoms with Gasteiger partial charge in [-0.3, -0.25) is 4.79 Å². The highest BCUT2D eigenvalue weighted by atomic mass is 16.5. The maximum atomic E-state index is 11.7. The maximum absolute atomic E-state index is 11.7. The monoisotopic (exact) mass is 392 g/mol. The summed E-state index contributed by atoms with van der Waals surface area (Å²) in [5, 5.41) is 10.7. The van der Waals surface area contributed by atoms with Gasteiger partial charge in [-0.15, -0.1) is 0 Å². The van der Waals surface area contributed by atoms with Gasteiger partial charge in [-0.05, 0) is 49.2 Å². The SMILES string of the molecule is CCC(=O)c1ccc(OCC(O)Cn2c(C3CCCC3)nc3ccccc32)cc1. The number of aliphatic hydroxyl groups excluding tert-OH is 1. The highest BCUT2D eigenvalue weighted by molar-refractivity contribution is 5.95. The molecule has 152 valence electrons. The lowest BCUT2D eigenvalue weighted by Gasteiger charge is -2.18. The van der Waals surface area contributed by atoms with Crippen molar-refractivity contribution in [2.45, 2.75) is 57.6 Å². The van der Waals surface area contributed by atoms with Crippen LogP contribution in [0.5, 0.6) is 5.75 Å². The zero-order chi connectivity index (χ0) is 20.2. The summed E-state index contributed by atoms with van der Waals surface area (Å²) in [4.78, 5) is 16.6. The number of hydrogen-bond acceptors (Lipinski definition) is 4. The minimum Gasteiger partial charge on any atom is -0.491 e. The zero-order valence-electron chi connectivity index (χ0n) is 16.9. The fourth-order valence-electron chi connectivity index (χ4n) is 4.18. The Morgan fingerprint density at radius 1 is 1.17 bits per heavy atom. The maximum Gasteiger partial charge on any atom is 0.162 e. The average Bonchev–Trinajstić information content (AvgIpc) is 3.40. The number of Topliss-reactive ketones (excluding diaryl/α,β-unsaturated/α-hetero) is 1. The molecule has 5 nitrogen and oxygen atoms in total. The van der Waals surface area contributed by atoms with Gasteiger partial charge in [0, 0.05) is 17.9 Å². The molecule has 1 aliphatic carbocycles. The molecule has 1 N–H and O–H groups in total. The van der Waals surface area contributed by atoms with Crippen molar-refractivity contribution in [1.82, 2.24) is 9.55 Å². The first-order valence-electron chi connectivity index (χ1n) is 10.5. The summed E-state index contributed by atoms with van der Waals surface area (Å²) < 4.78 is 7.94. The zero-order valence-corrected chi connectivity index (χ0v) is 16.9. The predicted octanol–water partition coefficient (Wildman–Crippen LogP) is 4.73. The molecule has 0 radical (unpaired) electrons. The van der Waals surface area contributed by atoms with Crippen LogP contribution in [-0.2, 0) is 6.54 Å². The number of benzene rings is 2. The highest BCUT2D eigenvalue weighted by Gasteiger charge is 2.24. The molecule has 1 aromatic heterocycles. The number of imidazole rings is 1. The Morgan fingerprint density at radius 2 is 1.90 bits per heavy atom. The number of nitrogens with zero attached hydrogens (tertiary/aromatic N) is 2. The number of rotatable bonds is 8. The van der Waals surface area contributed by atoms with E-state index in [0.29, 0.717) is 30.2 Å². The summed E-state index contributed by atoms with van der Waals surface area (Å²) in [7, 11) is 0. The van der Waals surface area contributed by atoms with Crippen LogP contribution in [0.2, 0.25) is 0 Å². The lowest BCUT2D eigenvalue weighted by atomic mass is 10.1. The molecule has 2 aromatic carbocycles. The van der Waals surface area contributed by atoms with Crippen molar-refractivity contribution in [2.75, 3.05) is 6.61 Å². The third-order valence-electron chi connectivity index (χ3n) is 5.74. The topological polar surface area (TPSA) is 64.3 Å². The van der Waals surface area contributed by atoms with Crippen molar-refractivity contribution in [1.29, 1.82) is 0 Å². The number of carbonyl (C=O) groups is 1. The van der Waals surface area contributed by atoms with Gasteiger partial charge in [0.25, 0.3) is 0 Å². The van der Waals surface area contributed by atoms with Gasteiger partial charge in [0.2, 0.25) is 0 Å². The lowest BCUT2D eigenvalue weighted by molar-refractivity contribution is 0.0922. The van der Waals surface area contributed by atoms with Crippen molar-refractivity contribution in [3.8, 4) is 5.75 Å². The van der Waals surface area contributed by atoms with Crippen LogP contribution in [0.15, 0.2) is 48.5 Å². The van der Waals surface area contributed by atoms with Gasteiger partial charge < -0.3 is 14.4 Å². The van der Waals surface area contributed by atoms with E-state index in [1.807, 2.05) is 25.1 Å². The second kappa shape index (κ2) is 8.78. The molecule has 0 amide bonds. The first-order chi connectivity index (χ1) is 14.2. The summed E-state index contributed by atoms with van der Waals surface area (Å²) in [6.07, 6.45) is 4.66. The third-order valence-corrected chi connectivity index (χ3v) is 5.74. The highest BCUT2D eigenvalue weighted by Crippen LogP contribution is 2.35. The second-order valence-corrected chi connectivity index (χ2v) is 7.82. The summed E-state index contributed by atoms with van der Waals surface area (Å²) >= 11 is 0. The first-order valence-corrected chi connectivity index (χ1v) is 10.5. The number of carbonyl (C=O) groups excluding carboxylic acids is 1. The van der Waals surface area contributed by atoms with E-state index in [0.717, 1.165) is 16.9 Å². The van der Waals surface area contributed by atoms with E-state index in [4.69, 9.17) is 9.72 Å². The van der Waals surface area contributed by atoms with E-state index >= 15 is 0 Å². The van der Waals surface area contributed by atoms with Gasteiger partial charge in [-0.1, -0.05) is 31.9 Å². The number of ether oxygens (including phenoxy) is 1. The molecule has 5 heteroatoms. The number of ketones is 1. The number of fused-ring (bicyclic) bond motifs is 1. The molecule has 0 saturated heterocycles. The minimum atomic E-state index is -0.648. The lowest BCUT2D eigenvalue weighted by Crippen LogP contribution is -2.25. The largest absolute Gasteiger partial charge is 0.491 e. The molecule has 4 rings (SSSR count). The molecule has 0 bridgehead atoms. The van der Waals surface area contributed by atoms with Crippen LogP contribution in [0, 0.1) is 0 Å². The standard InChI is InChI=1S/C24H28N2O3/c1-2-23(28)17-11-13-20(14-12-17)29-16-19(27)15-26-22-10-6-5-9-21(22)25-24(26)18-7-3-4-8-18/h5-6,9-14,18-19,27H,2-4,7-8,15-16H2,1H3. The Balaban J connectivity index is 1.45. The van der Waals surface area contributed by atoms with Crippen molar-refractivity contribution in [3.63, 3.8) is 0 Å². The Kier molecular flexibility index (Phi) is 5.95. The minimum absolute atomic E-state index is 0.114. The van der Waals surface area contributed by atoms with Gasteiger partial charge in [-0.25, -0.2) is 4.98 Å². The fourth-order valence-corrected chi connectivity index (χ4v) is 4.18. The van der Waals surface area contributed by atoms with Gasteiger partial charge in [0.15, 0.2) is 5.78 Å². The van der Waals surface area contributed by atoms with Crippen molar-refractivity contribution < 1.29 is 14.6 Å². The third kappa shape index (κ3) is 4.35. The number of para-hydroxylation sites is 2. The van der Waals surface area contributed by atoms with Crippen LogP contribution in [0.4, 0.5) is 0 Å². The average molecular weight is 392 g/mol. The molecule has 29 heavy (non-hydrogen) atoms. The second-order valence-electron chi connectivity index (χ2n) is 7.82. The van der Waals surface area contributed by atoms with E-state index in [-0.39, 0.29) is 12.4 Å². The van der Waals surface area contributed by atoms with Crippen LogP contribution >= 0.6 is 0 Å². The van der Waals surface area contributed by atoms with Gasteiger partial charge in [0.05, 0.1) is 17.6 Å². The van der Waals surface area contributed by atoms with E-state index in [9.17, 15) is 9.90 Å². The van der Waals surface area contributed by atoms with Crippen molar-refractivity contribution in [3.05, 3.63) is 59.9 Å². The predicted molar refractivity (Wildman–Crippen MR) is 114 cm³/mol. The fraction of sp³-hybridized carbons (Fsp3) is 0.417. The van der Waals surface area contributed by atoms with Crippen LogP contribution in [0.3, 0.4) is 0 Å². The summed E-state index contributed by atoms with van der Waals surface area (Å²) in [5.41, 5.74) is 2.74. The normalized spacial score (nSPS) is 15.7. The van der Waals surface area contributed by atoms with E-state index < -0.39 is 6.10 Å². The van der Waals surface area contributed by atoms with Crippen LogP contribution in [-0.4, -0.2) is 33.2 Å². The first kappa shape index (κ1) is 19.6. The van der Waals surface area contributed by atoms with Gasteiger partial charge in [-0.2, -0.15) is 0 Å². The van der Waals surface area contributed by atoms with E-state index in [1.165, 1.54) is 25.7 Å². The summed E-state index contributed by atoms with van der Waals surface area (Å²) in [6.45, 7) is 2.50. The molecular formula is C24H28N2O3.